The van der Waals surface area contributed by atoms with E-state index < -0.39 is 21.9 Å². The second kappa shape index (κ2) is 6.45. The molecule has 16 heavy (non-hydrogen) atoms. The third kappa shape index (κ3) is 5.09. The van der Waals surface area contributed by atoms with Crippen LogP contribution in [0.1, 0.15) is 19.8 Å². The molecule has 0 amide bonds. The van der Waals surface area contributed by atoms with Crippen molar-refractivity contribution in [3.8, 4) is 6.07 Å². The molecule has 0 heterocycles. The molecule has 0 saturated carbocycles. The van der Waals surface area contributed by atoms with Gasteiger partial charge >= 0.3 is 5.97 Å². The lowest BCUT2D eigenvalue weighted by molar-refractivity contribution is -0.141. The molecule has 1 unspecified atom stereocenters. The molecule has 6 nitrogen and oxygen atoms in total. The van der Waals surface area contributed by atoms with Crippen molar-refractivity contribution < 1.29 is 18.3 Å². The minimum absolute atomic E-state index is 0.0514. The van der Waals surface area contributed by atoms with Crippen molar-refractivity contribution in [1.29, 1.82) is 5.26 Å². The Morgan fingerprint density at radius 3 is 2.56 bits per heavy atom. The second-order valence-electron chi connectivity index (χ2n) is 3.60. The fourth-order valence-electron chi connectivity index (χ4n) is 1.07. The number of sulfonamides is 1. The van der Waals surface area contributed by atoms with Crippen LogP contribution < -0.4 is 0 Å². The van der Waals surface area contributed by atoms with Crippen molar-refractivity contribution in [2.75, 3.05) is 19.3 Å². The highest BCUT2D eigenvalue weighted by atomic mass is 32.2. The monoisotopic (exact) mass is 248 g/mol. The minimum Gasteiger partial charge on any atom is -0.481 e. The molecule has 0 bridgehead atoms. The molecular weight excluding hydrogens is 232 g/mol. The Hall–Kier alpha value is -1.13. The number of rotatable bonds is 7. The lowest BCUT2D eigenvalue weighted by Gasteiger charge is -2.18. The van der Waals surface area contributed by atoms with Crippen LogP contribution in [0.2, 0.25) is 0 Å². The number of unbranched alkanes of at least 4 members (excludes halogenated alkanes) is 1. The summed E-state index contributed by atoms with van der Waals surface area (Å²) in [6.45, 7) is 1.40. The molecule has 0 aliphatic rings. The zero-order valence-electron chi connectivity index (χ0n) is 9.38. The van der Waals surface area contributed by atoms with Crippen LogP contribution >= 0.6 is 0 Å². The van der Waals surface area contributed by atoms with Gasteiger partial charge in [0, 0.05) is 20.0 Å². The summed E-state index contributed by atoms with van der Waals surface area (Å²) < 4.78 is 24.2. The van der Waals surface area contributed by atoms with Gasteiger partial charge in [-0.3, -0.25) is 4.79 Å². The third-order valence-corrected chi connectivity index (χ3v) is 4.02. The van der Waals surface area contributed by atoms with Gasteiger partial charge in [-0.15, -0.1) is 0 Å². The molecule has 1 atom stereocenters. The van der Waals surface area contributed by atoms with Crippen LogP contribution in [0.4, 0.5) is 0 Å². The summed E-state index contributed by atoms with van der Waals surface area (Å²) in [4.78, 5) is 10.6. The average molecular weight is 248 g/mol. The molecule has 92 valence electrons. The van der Waals surface area contributed by atoms with Gasteiger partial charge in [0.1, 0.15) is 0 Å². The van der Waals surface area contributed by atoms with E-state index in [4.69, 9.17) is 10.4 Å². The number of hydrogen-bond donors (Lipinski definition) is 1. The van der Waals surface area contributed by atoms with Crippen LogP contribution in [-0.4, -0.2) is 43.1 Å². The summed E-state index contributed by atoms with van der Waals surface area (Å²) in [6, 6.07) is 1.86. The first-order chi connectivity index (χ1) is 7.31. The van der Waals surface area contributed by atoms with Crippen molar-refractivity contribution in [3.05, 3.63) is 0 Å². The molecule has 0 aromatic carbocycles. The molecule has 7 heteroatoms. The lowest BCUT2D eigenvalue weighted by atomic mass is 10.2. The highest BCUT2D eigenvalue weighted by Gasteiger charge is 2.22. The molecule has 0 aromatic rings. The van der Waals surface area contributed by atoms with Gasteiger partial charge in [-0.2, -0.15) is 5.26 Å². The Kier molecular flexibility index (Phi) is 6.00. The second-order valence-corrected chi connectivity index (χ2v) is 5.79. The lowest BCUT2D eigenvalue weighted by Crippen LogP contribution is -2.35. The summed E-state index contributed by atoms with van der Waals surface area (Å²) in [5, 5.41) is 16.9. The first kappa shape index (κ1) is 14.9. The Morgan fingerprint density at radius 1 is 1.56 bits per heavy atom. The maximum absolute atomic E-state index is 11.6. The molecule has 1 N–H and O–H groups in total. The number of nitriles is 1. The molecule has 0 radical (unpaired) electrons. The van der Waals surface area contributed by atoms with Crippen molar-refractivity contribution in [2.45, 2.75) is 19.8 Å². The van der Waals surface area contributed by atoms with E-state index in [0.29, 0.717) is 0 Å². The van der Waals surface area contributed by atoms with E-state index in [-0.39, 0.29) is 25.1 Å². The summed E-state index contributed by atoms with van der Waals surface area (Å²) >= 11 is 0. The molecular formula is C9H16N2O4S. The van der Waals surface area contributed by atoms with Gasteiger partial charge in [-0.05, 0) is 6.42 Å². The summed E-state index contributed by atoms with van der Waals surface area (Å²) in [7, 11) is -2.09. The van der Waals surface area contributed by atoms with Crippen LogP contribution in [0.15, 0.2) is 0 Å². The van der Waals surface area contributed by atoms with Crippen LogP contribution in [0.3, 0.4) is 0 Å². The number of nitrogens with zero attached hydrogens (tertiary/aromatic N) is 2. The summed E-state index contributed by atoms with van der Waals surface area (Å²) in [6.07, 6.45) is 0.451. The molecule has 0 aliphatic heterocycles. The predicted octanol–water partition coefficient (Wildman–Crippen LogP) is 0.272. The van der Waals surface area contributed by atoms with Gasteiger partial charge in [-0.25, -0.2) is 12.7 Å². The Balaban J connectivity index is 4.31. The zero-order valence-corrected chi connectivity index (χ0v) is 10.2. The van der Waals surface area contributed by atoms with Gasteiger partial charge in [0.2, 0.25) is 10.0 Å². The van der Waals surface area contributed by atoms with E-state index >= 15 is 0 Å². The number of carbonyl (C=O) groups is 1. The minimum atomic E-state index is -3.44. The van der Waals surface area contributed by atoms with E-state index in [1.807, 2.05) is 6.07 Å². The van der Waals surface area contributed by atoms with Gasteiger partial charge in [0.25, 0.3) is 0 Å². The predicted molar refractivity (Wildman–Crippen MR) is 58.1 cm³/mol. The molecule has 0 spiro atoms. The first-order valence-corrected chi connectivity index (χ1v) is 6.46. The van der Waals surface area contributed by atoms with Crippen molar-refractivity contribution in [1.82, 2.24) is 4.31 Å². The number of carboxylic acids is 1. The molecule has 0 aromatic heterocycles. The van der Waals surface area contributed by atoms with Gasteiger partial charge in [0.15, 0.2) is 0 Å². The summed E-state index contributed by atoms with van der Waals surface area (Å²) in [5.74, 6) is -1.89. The van der Waals surface area contributed by atoms with Crippen molar-refractivity contribution in [3.63, 3.8) is 0 Å². The SMILES string of the molecule is CC(CN(C)S(=O)(=O)CCCC#N)C(=O)O. The maximum Gasteiger partial charge on any atom is 0.307 e. The molecule has 0 fully saturated rings. The van der Waals surface area contributed by atoms with Crippen LogP contribution in [0, 0.1) is 17.2 Å². The molecule has 0 saturated heterocycles. The Bertz CT molecular complexity index is 371. The average Bonchev–Trinajstić information content (AvgIpc) is 2.17. The largest absolute Gasteiger partial charge is 0.481 e. The number of carboxylic acid groups (broad SMARTS) is 1. The third-order valence-electron chi connectivity index (χ3n) is 2.12. The van der Waals surface area contributed by atoms with E-state index in [9.17, 15) is 13.2 Å². The van der Waals surface area contributed by atoms with Crippen molar-refractivity contribution in [2.24, 2.45) is 5.92 Å². The topological polar surface area (TPSA) is 98.5 Å². The van der Waals surface area contributed by atoms with Crippen LogP contribution in [0.25, 0.3) is 0 Å². The highest BCUT2D eigenvalue weighted by molar-refractivity contribution is 7.89. The maximum atomic E-state index is 11.6. The fourth-order valence-corrected chi connectivity index (χ4v) is 2.34. The fraction of sp³-hybridized carbons (Fsp3) is 0.778. The Labute approximate surface area is 95.5 Å². The molecule has 0 rings (SSSR count). The number of hydrogen-bond acceptors (Lipinski definition) is 4. The summed E-state index contributed by atoms with van der Waals surface area (Å²) in [5.41, 5.74) is 0. The van der Waals surface area contributed by atoms with Crippen molar-refractivity contribution >= 4 is 16.0 Å². The van der Waals surface area contributed by atoms with Gasteiger partial charge < -0.3 is 5.11 Å². The Morgan fingerprint density at radius 2 is 2.12 bits per heavy atom. The van der Waals surface area contributed by atoms with E-state index in [1.165, 1.54) is 14.0 Å². The highest BCUT2D eigenvalue weighted by Crippen LogP contribution is 2.06. The van der Waals surface area contributed by atoms with E-state index in [1.54, 1.807) is 0 Å². The van der Waals surface area contributed by atoms with E-state index in [0.717, 1.165) is 4.31 Å². The van der Waals surface area contributed by atoms with Crippen LogP contribution in [0.5, 0.6) is 0 Å². The van der Waals surface area contributed by atoms with E-state index in [2.05, 4.69) is 0 Å². The standard InChI is InChI=1S/C9H16N2O4S/c1-8(9(12)13)7-11(2)16(14,15)6-4-3-5-10/h8H,3-4,6-7H2,1-2H3,(H,12,13). The molecule has 0 aliphatic carbocycles. The number of aliphatic carboxylic acids is 1. The van der Waals surface area contributed by atoms with Crippen LogP contribution in [-0.2, 0) is 14.8 Å². The quantitative estimate of drug-likeness (QED) is 0.652. The van der Waals surface area contributed by atoms with Gasteiger partial charge in [0.05, 0.1) is 17.7 Å². The van der Waals surface area contributed by atoms with Gasteiger partial charge in [-0.1, -0.05) is 6.92 Å². The first-order valence-electron chi connectivity index (χ1n) is 4.85. The smallest absolute Gasteiger partial charge is 0.307 e. The zero-order chi connectivity index (χ0) is 12.8. The normalized spacial score (nSPS) is 13.4.